The van der Waals surface area contributed by atoms with Gasteiger partial charge < -0.3 is 9.47 Å². The molecule has 3 nitrogen and oxygen atoms in total. The van der Waals surface area contributed by atoms with Gasteiger partial charge in [0.05, 0.1) is 6.61 Å². The van der Waals surface area contributed by atoms with Crippen LogP contribution in [0.15, 0.2) is 48.5 Å². The molecule has 0 N–H and O–H groups in total. The Morgan fingerprint density at radius 2 is 1.89 bits per heavy atom. The van der Waals surface area contributed by atoms with Crippen LogP contribution in [-0.4, -0.2) is 18.2 Å². The lowest BCUT2D eigenvalue weighted by Crippen LogP contribution is -2.44. The van der Waals surface area contributed by atoms with Crippen molar-refractivity contribution in [2.75, 3.05) is 6.61 Å². The molecule has 142 valence electrons. The summed E-state index contributed by atoms with van der Waals surface area (Å²) in [5.74, 6) is 0.676. The number of rotatable bonds is 6. The molecule has 0 bridgehead atoms. The maximum absolute atomic E-state index is 12.9. The number of allylic oxidation sites excluding steroid dienone is 1. The lowest BCUT2D eigenvalue weighted by Gasteiger charge is -2.30. The van der Waals surface area contributed by atoms with Crippen molar-refractivity contribution in [3.63, 3.8) is 0 Å². The number of esters is 1. The second-order valence-corrected chi connectivity index (χ2v) is 7.64. The lowest BCUT2D eigenvalue weighted by atomic mass is 9.90. The van der Waals surface area contributed by atoms with E-state index in [2.05, 4.69) is 13.8 Å². The molecule has 0 spiro atoms. The minimum absolute atomic E-state index is 0.296. The zero-order valence-electron chi connectivity index (χ0n) is 16.2. The Kier molecular flexibility index (Phi) is 5.61. The van der Waals surface area contributed by atoms with Crippen molar-refractivity contribution >= 4 is 23.1 Å². The summed E-state index contributed by atoms with van der Waals surface area (Å²) in [6, 6.07) is 13.6. The van der Waals surface area contributed by atoms with E-state index in [0.717, 1.165) is 23.1 Å². The molecule has 0 heterocycles. The summed E-state index contributed by atoms with van der Waals surface area (Å²) in [7, 11) is 0. The number of ether oxygens (including phenoxy) is 2. The third-order valence-corrected chi connectivity index (χ3v) is 5.17. The smallest absolute Gasteiger partial charge is 0.354 e. The van der Waals surface area contributed by atoms with Gasteiger partial charge in [-0.1, -0.05) is 49.7 Å². The van der Waals surface area contributed by atoms with E-state index in [0.29, 0.717) is 23.3 Å². The van der Waals surface area contributed by atoms with Gasteiger partial charge in [-0.25, -0.2) is 4.79 Å². The van der Waals surface area contributed by atoms with Crippen molar-refractivity contribution < 1.29 is 14.3 Å². The van der Waals surface area contributed by atoms with Crippen molar-refractivity contribution in [2.24, 2.45) is 0 Å². The van der Waals surface area contributed by atoms with E-state index in [1.807, 2.05) is 48.5 Å². The fourth-order valence-corrected chi connectivity index (χ4v) is 3.59. The summed E-state index contributed by atoms with van der Waals surface area (Å²) >= 11 is 6.12. The molecule has 1 atom stereocenters. The normalized spacial score (nSPS) is 15.1. The maximum Gasteiger partial charge on any atom is 0.354 e. The Morgan fingerprint density at radius 1 is 1.19 bits per heavy atom. The van der Waals surface area contributed by atoms with Crippen LogP contribution in [0.25, 0.3) is 5.57 Å². The summed E-state index contributed by atoms with van der Waals surface area (Å²) in [4.78, 5) is 12.9. The van der Waals surface area contributed by atoms with E-state index in [1.165, 1.54) is 5.56 Å². The zero-order valence-corrected chi connectivity index (χ0v) is 17.0. The van der Waals surface area contributed by atoms with E-state index in [1.54, 1.807) is 13.8 Å². The monoisotopic (exact) mass is 384 g/mol. The van der Waals surface area contributed by atoms with Gasteiger partial charge in [-0.15, -0.1) is 0 Å². The van der Waals surface area contributed by atoms with Crippen LogP contribution < -0.4 is 4.74 Å². The van der Waals surface area contributed by atoms with E-state index in [-0.39, 0.29) is 0 Å². The standard InChI is InChI=1S/C23H25ClO3/c1-5-26-22(25)23(4,27-19-10-6-16(7-11-19)15(2)3)21-13-8-17-14-18(24)9-12-20(17)21/h6-7,9-15H,5,8H2,1-4H3. The first kappa shape index (κ1) is 19.5. The molecule has 0 aromatic heterocycles. The molecule has 0 saturated carbocycles. The summed E-state index contributed by atoms with van der Waals surface area (Å²) in [6.45, 7) is 8.15. The molecular formula is C23H25ClO3. The summed E-state index contributed by atoms with van der Waals surface area (Å²) in [6.07, 6.45) is 2.75. The van der Waals surface area contributed by atoms with E-state index < -0.39 is 11.6 Å². The van der Waals surface area contributed by atoms with Crippen LogP contribution in [0.4, 0.5) is 0 Å². The Bertz CT molecular complexity index is 868. The molecule has 1 aliphatic carbocycles. The number of hydrogen-bond donors (Lipinski definition) is 0. The number of fused-ring (bicyclic) bond motifs is 1. The molecule has 3 rings (SSSR count). The lowest BCUT2D eigenvalue weighted by molar-refractivity contribution is -0.155. The Hall–Kier alpha value is -2.26. The zero-order chi connectivity index (χ0) is 19.6. The van der Waals surface area contributed by atoms with Crippen LogP contribution in [0.2, 0.25) is 5.02 Å². The van der Waals surface area contributed by atoms with E-state index in [4.69, 9.17) is 21.1 Å². The molecule has 4 heteroatoms. The number of hydrogen-bond acceptors (Lipinski definition) is 3. The first-order chi connectivity index (χ1) is 12.8. The molecule has 2 aromatic rings. The van der Waals surface area contributed by atoms with Crippen LogP contribution in [0.3, 0.4) is 0 Å². The highest BCUT2D eigenvalue weighted by Gasteiger charge is 2.44. The molecule has 2 aromatic carbocycles. The van der Waals surface area contributed by atoms with Gasteiger partial charge in [-0.3, -0.25) is 0 Å². The van der Waals surface area contributed by atoms with Gasteiger partial charge in [0, 0.05) is 10.6 Å². The van der Waals surface area contributed by atoms with Crippen molar-refractivity contribution in [1.82, 2.24) is 0 Å². The Labute approximate surface area is 165 Å². The van der Waals surface area contributed by atoms with Crippen LogP contribution >= 0.6 is 11.6 Å². The van der Waals surface area contributed by atoms with Crippen molar-refractivity contribution in [3.8, 4) is 5.75 Å². The first-order valence-electron chi connectivity index (χ1n) is 9.30. The van der Waals surface area contributed by atoms with Crippen molar-refractivity contribution in [3.05, 3.63) is 70.3 Å². The number of benzene rings is 2. The molecule has 1 aliphatic rings. The predicted octanol–water partition coefficient (Wildman–Crippen LogP) is 5.80. The largest absolute Gasteiger partial charge is 0.471 e. The third-order valence-electron chi connectivity index (χ3n) is 4.93. The van der Waals surface area contributed by atoms with Gasteiger partial charge in [-0.05, 0) is 67.1 Å². The summed E-state index contributed by atoms with van der Waals surface area (Å²) in [5, 5.41) is 0.687. The van der Waals surface area contributed by atoms with Gasteiger partial charge in [0.25, 0.3) is 0 Å². The molecule has 0 saturated heterocycles. The molecular weight excluding hydrogens is 360 g/mol. The Balaban J connectivity index is 1.97. The highest BCUT2D eigenvalue weighted by molar-refractivity contribution is 6.30. The molecule has 0 fully saturated rings. The molecule has 0 amide bonds. The van der Waals surface area contributed by atoms with Gasteiger partial charge in [-0.2, -0.15) is 0 Å². The summed E-state index contributed by atoms with van der Waals surface area (Å²) in [5.41, 5.74) is 2.88. The average Bonchev–Trinajstić information content (AvgIpc) is 3.05. The number of halogens is 1. The average molecular weight is 385 g/mol. The van der Waals surface area contributed by atoms with Crippen LogP contribution in [0, 0.1) is 0 Å². The molecule has 0 radical (unpaired) electrons. The SMILES string of the molecule is CCOC(=O)C(C)(Oc1ccc(C(C)C)cc1)C1=CCc2cc(Cl)ccc21. The Morgan fingerprint density at radius 3 is 2.52 bits per heavy atom. The molecule has 1 unspecified atom stereocenters. The van der Waals surface area contributed by atoms with E-state index in [9.17, 15) is 4.79 Å². The van der Waals surface area contributed by atoms with Crippen LogP contribution in [0.1, 0.15) is 50.3 Å². The van der Waals surface area contributed by atoms with Crippen LogP contribution in [-0.2, 0) is 16.0 Å². The van der Waals surface area contributed by atoms with Gasteiger partial charge >= 0.3 is 5.97 Å². The van der Waals surface area contributed by atoms with Crippen molar-refractivity contribution in [1.29, 1.82) is 0 Å². The van der Waals surface area contributed by atoms with Gasteiger partial charge in [0.15, 0.2) is 0 Å². The number of carbonyl (C=O) groups is 1. The van der Waals surface area contributed by atoms with Crippen LogP contribution in [0.5, 0.6) is 5.75 Å². The predicted molar refractivity (Wildman–Crippen MR) is 109 cm³/mol. The quantitative estimate of drug-likeness (QED) is 0.590. The number of carbonyl (C=O) groups excluding carboxylic acids is 1. The van der Waals surface area contributed by atoms with Gasteiger partial charge in [0.2, 0.25) is 5.60 Å². The maximum atomic E-state index is 12.9. The second-order valence-electron chi connectivity index (χ2n) is 7.20. The third kappa shape index (κ3) is 3.89. The first-order valence-corrected chi connectivity index (χ1v) is 9.68. The minimum Gasteiger partial charge on any atom is -0.471 e. The van der Waals surface area contributed by atoms with Gasteiger partial charge in [0.1, 0.15) is 5.75 Å². The fraction of sp³-hybridized carbons (Fsp3) is 0.348. The molecule has 27 heavy (non-hydrogen) atoms. The summed E-state index contributed by atoms with van der Waals surface area (Å²) < 4.78 is 11.6. The second kappa shape index (κ2) is 7.77. The topological polar surface area (TPSA) is 35.5 Å². The molecule has 0 aliphatic heterocycles. The highest BCUT2D eigenvalue weighted by Crippen LogP contribution is 2.40. The minimum atomic E-state index is -1.23. The van der Waals surface area contributed by atoms with E-state index >= 15 is 0 Å². The fourth-order valence-electron chi connectivity index (χ4n) is 3.40. The highest BCUT2D eigenvalue weighted by atomic mass is 35.5. The van der Waals surface area contributed by atoms with Crippen molar-refractivity contribution in [2.45, 2.75) is 45.6 Å².